The highest BCUT2D eigenvalue weighted by Gasteiger charge is 2.23. The van der Waals surface area contributed by atoms with Crippen LogP contribution < -0.4 is 5.46 Å². The number of aryl methyl sites for hydroxylation is 1. The average molecular weight is 261 g/mol. The van der Waals surface area contributed by atoms with Gasteiger partial charge in [-0.1, -0.05) is 12.8 Å². The topological polar surface area (TPSA) is 45.4 Å². The summed E-state index contributed by atoms with van der Waals surface area (Å²) in [7, 11) is -1.63. The van der Waals surface area contributed by atoms with Crippen LogP contribution in [-0.4, -0.2) is 21.7 Å². The standard InChI is InChI=1S/C14H17BFNO2/c1-9-6-12-13(16)7-10(15(18)19)8-14(12)17(9)11-4-2-3-5-11/h6-8,11,18-19H,2-5H2,1H3. The molecule has 1 aliphatic rings. The number of benzene rings is 1. The number of halogens is 1. The van der Waals surface area contributed by atoms with Crippen molar-refractivity contribution in [1.82, 2.24) is 4.57 Å². The minimum absolute atomic E-state index is 0.211. The first kappa shape index (κ1) is 12.7. The Labute approximate surface area is 111 Å². The van der Waals surface area contributed by atoms with Crippen LogP contribution in [0.2, 0.25) is 0 Å². The Morgan fingerprint density at radius 3 is 2.53 bits per heavy atom. The first-order valence-corrected chi connectivity index (χ1v) is 6.75. The second-order valence-electron chi connectivity index (χ2n) is 5.40. The molecular formula is C14H17BFNO2. The van der Waals surface area contributed by atoms with Gasteiger partial charge in [0, 0.05) is 17.1 Å². The van der Waals surface area contributed by atoms with Crippen LogP contribution in [0.15, 0.2) is 18.2 Å². The van der Waals surface area contributed by atoms with Gasteiger partial charge in [-0.15, -0.1) is 0 Å². The van der Waals surface area contributed by atoms with Gasteiger partial charge >= 0.3 is 7.12 Å². The van der Waals surface area contributed by atoms with Crippen LogP contribution in [0.4, 0.5) is 4.39 Å². The van der Waals surface area contributed by atoms with E-state index in [0.717, 1.165) is 24.1 Å². The smallest absolute Gasteiger partial charge is 0.423 e. The molecule has 1 saturated carbocycles. The summed E-state index contributed by atoms with van der Waals surface area (Å²) in [6.45, 7) is 1.98. The zero-order valence-electron chi connectivity index (χ0n) is 10.9. The van der Waals surface area contributed by atoms with Crippen LogP contribution in [0.25, 0.3) is 10.9 Å². The number of nitrogens with zero attached hydrogens (tertiary/aromatic N) is 1. The minimum atomic E-state index is -1.63. The van der Waals surface area contributed by atoms with Gasteiger partial charge in [-0.05, 0) is 43.4 Å². The molecule has 0 spiro atoms. The summed E-state index contributed by atoms with van der Waals surface area (Å²) in [5.74, 6) is -0.388. The van der Waals surface area contributed by atoms with Gasteiger partial charge in [0.1, 0.15) is 5.82 Å². The van der Waals surface area contributed by atoms with E-state index in [1.165, 1.54) is 18.9 Å². The predicted molar refractivity (Wildman–Crippen MR) is 74.0 cm³/mol. The van der Waals surface area contributed by atoms with Crippen molar-refractivity contribution in [2.24, 2.45) is 0 Å². The maximum atomic E-state index is 14.1. The van der Waals surface area contributed by atoms with Gasteiger partial charge in [-0.2, -0.15) is 0 Å². The Morgan fingerprint density at radius 2 is 1.89 bits per heavy atom. The van der Waals surface area contributed by atoms with Crippen molar-refractivity contribution in [3.8, 4) is 0 Å². The fourth-order valence-corrected chi connectivity index (χ4v) is 3.23. The fraction of sp³-hybridized carbons (Fsp3) is 0.429. The van der Waals surface area contributed by atoms with E-state index in [1.807, 2.05) is 13.0 Å². The summed E-state index contributed by atoms with van der Waals surface area (Å²) in [6.07, 6.45) is 4.62. The van der Waals surface area contributed by atoms with Gasteiger partial charge in [-0.3, -0.25) is 0 Å². The number of rotatable bonds is 2. The highest BCUT2D eigenvalue weighted by atomic mass is 19.1. The largest absolute Gasteiger partial charge is 0.488 e. The Bertz CT molecular complexity index is 617. The zero-order chi connectivity index (χ0) is 13.6. The molecule has 0 radical (unpaired) electrons. The molecule has 1 fully saturated rings. The van der Waals surface area contributed by atoms with Crippen LogP contribution in [0, 0.1) is 12.7 Å². The van der Waals surface area contributed by atoms with Crippen LogP contribution in [-0.2, 0) is 0 Å². The van der Waals surface area contributed by atoms with E-state index in [4.69, 9.17) is 0 Å². The van der Waals surface area contributed by atoms with E-state index in [1.54, 1.807) is 6.07 Å². The number of hydrogen-bond donors (Lipinski definition) is 2. The second-order valence-corrected chi connectivity index (χ2v) is 5.40. The van der Waals surface area contributed by atoms with Crippen LogP contribution >= 0.6 is 0 Å². The van der Waals surface area contributed by atoms with Crippen LogP contribution in [0.1, 0.15) is 37.4 Å². The molecule has 1 aromatic heterocycles. The lowest BCUT2D eigenvalue weighted by Crippen LogP contribution is -2.30. The van der Waals surface area contributed by atoms with E-state index in [0.29, 0.717) is 11.4 Å². The first-order chi connectivity index (χ1) is 9.08. The molecule has 0 bridgehead atoms. The third kappa shape index (κ3) is 2.07. The van der Waals surface area contributed by atoms with Crippen molar-refractivity contribution in [3.63, 3.8) is 0 Å². The molecule has 2 N–H and O–H groups in total. The number of aromatic nitrogens is 1. The summed E-state index contributed by atoms with van der Waals surface area (Å²) in [5.41, 5.74) is 2.01. The zero-order valence-corrected chi connectivity index (χ0v) is 10.9. The average Bonchev–Trinajstić information content (AvgIpc) is 2.95. The molecule has 0 atom stereocenters. The Hall–Kier alpha value is -1.33. The number of fused-ring (bicyclic) bond motifs is 1. The maximum Gasteiger partial charge on any atom is 0.488 e. The lowest BCUT2D eigenvalue weighted by molar-refractivity contribution is 0.425. The van der Waals surface area contributed by atoms with Gasteiger partial charge in [0.25, 0.3) is 0 Å². The molecule has 2 aromatic rings. The summed E-state index contributed by atoms with van der Waals surface area (Å²) in [5, 5.41) is 19.1. The Balaban J connectivity index is 2.22. The van der Waals surface area contributed by atoms with Crippen molar-refractivity contribution < 1.29 is 14.4 Å². The molecule has 19 heavy (non-hydrogen) atoms. The van der Waals surface area contributed by atoms with Gasteiger partial charge in [0.2, 0.25) is 0 Å². The first-order valence-electron chi connectivity index (χ1n) is 6.75. The van der Waals surface area contributed by atoms with E-state index in [-0.39, 0.29) is 11.3 Å². The quantitative estimate of drug-likeness (QED) is 0.811. The molecule has 0 amide bonds. The maximum absolute atomic E-state index is 14.1. The molecule has 0 aliphatic heterocycles. The summed E-state index contributed by atoms with van der Waals surface area (Å²) < 4.78 is 16.2. The Kier molecular flexibility index (Phi) is 3.11. The SMILES string of the molecule is Cc1cc2c(F)cc(B(O)O)cc2n1C1CCCC1. The predicted octanol–water partition coefficient (Wildman–Crippen LogP) is 1.88. The fourth-order valence-electron chi connectivity index (χ4n) is 3.23. The summed E-state index contributed by atoms with van der Waals surface area (Å²) >= 11 is 0. The number of hydrogen-bond acceptors (Lipinski definition) is 2. The van der Waals surface area contributed by atoms with Crippen molar-refractivity contribution in [2.45, 2.75) is 38.6 Å². The molecular weight excluding hydrogens is 244 g/mol. The van der Waals surface area contributed by atoms with Crippen molar-refractivity contribution in [2.75, 3.05) is 0 Å². The van der Waals surface area contributed by atoms with E-state index in [9.17, 15) is 14.4 Å². The van der Waals surface area contributed by atoms with Crippen molar-refractivity contribution in [3.05, 3.63) is 29.7 Å². The molecule has 3 rings (SSSR count). The van der Waals surface area contributed by atoms with E-state index in [2.05, 4.69) is 4.57 Å². The second kappa shape index (κ2) is 4.65. The molecule has 1 aromatic carbocycles. The molecule has 3 nitrogen and oxygen atoms in total. The van der Waals surface area contributed by atoms with E-state index < -0.39 is 7.12 Å². The highest BCUT2D eigenvalue weighted by molar-refractivity contribution is 6.58. The van der Waals surface area contributed by atoms with Gasteiger partial charge < -0.3 is 14.6 Å². The van der Waals surface area contributed by atoms with Gasteiger partial charge in [0.05, 0.1) is 5.52 Å². The molecule has 1 heterocycles. The van der Waals surface area contributed by atoms with Crippen LogP contribution in [0.3, 0.4) is 0 Å². The molecule has 0 unspecified atom stereocenters. The van der Waals surface area contributed by atoms with Crippen molar-refractivity contribution in [1.29, 1.82) is 0 Å². The summed E-state index contributed by atoms with van der Waals surface area (Å²) in [6, 6.07) is 5.14. The normalized spacial score (nSPS) is 16.4. The lowest BCUT2D eigenvalue weighted by atomic mass is 9.80. The lowest BCUT2D eigenvalue weighted by Gasteiger charge is -2.16. The van der Waals surface area contributed by atoms with Crippen molar-refractivity contribution >= 4 is 23.5 Å². The van der Waals surface area contributed by atoms with Crippen LogP contribution in [0.5, 0.6) is 0 Å². The third-order valence-corrected chi connectivity index (χ3v) is 4.11. The van der Waals surface area contributed by atoms with Gasteiger partial charge in [0.15, 0.2) is 0 Å². The monoisotopic (exact) mass is 261 g/mol. The highest BCUT2D eigenvalue weighted by Crippen LogP contribution is 2.34. The van der Waals surface area contributed by atoms with E-state index >= 15 is 0 Å². The third-order valence-electron chi connectivity index (χ3n) is 4.11. The summed E-state index contributed by atoms with van der Waals surface area (Å²) in [4.78, 5) is 0. The molecule has 5 heteroatoms. The van der Waals surface area contributed by atoms with Gasteiger partial charge in [-0.25, -0.2) is 4.39 Å². The minimum Gasteiger partial charge on any atom is -0.423 e. The molecule has 100 valence electrons. The molecule has 0 saturated heterocycles. The molecule has 1 aliphatic carbocycles. The Morgan fingerprint density at radius 1 is 1.21 bits per heavy atom.